The second-order valence-corrected chi connectivity index (χ2v) is 4.09. The molecule has 0 radical (unpaired) electrons. The molecule has 12 heavy (non-hydrogen) atoms. The predicted octanol–water partition coefficient (Wildman–Crippen LogP) is 0.732. The Kier molecular flexibility index (Phi) is 2.20. The van der Waals surface area contributed by atoms with Gasteiger partial charge in [-0.05, 0) is 49.6 Å². The molecule has 0 spiro atoms. The fourth-order valence-corrected chi connectivity index (χ4v) is 2.91. The molecule has 68 valence electrons. The highest BCUT2D eigenvalue weighted by Crippen LogP contribution is 2.43. The molecule has 4 atom stereocenters. The van der Waals surface area contributed by atoms with Crippen LogP contribution in [0.4, 0.5) is 0 Å². The molecule has 2 nitrogen and oxygen atoms in total. The molecule has 1 saturated carbocycles. The summed E-state index contributed by atoms with van der Waals surface area (Å²) in [5, 5.41) is 0. The first-order valence-electron chi connectivity index (χ1n) is 4.95. The van der Waals surface area contributed by atoms with E-state index in [9.17, 15) is 0 Å². The third kappa shape index (κ3) is 1.10. The highest BCUT2D eigenvalue weighted by atomic mass is 14.6. The number of rotatable bonds is 2. The van der Waals surface area contributed by atoms with Gasteiger partial charge >= 0.3 is 0 Å². The van der Waals surface area contributed by atoms with Gasteiger partial charge in [-0.25, -0.2) is 0 Å². The summed E-state index contributed by atoms with van der Waals surface area (Å²) in [6, 6.07) is 0. The first kappa shape index (κ1) is 8.27. The molecule has 2 heteroatoms. The van der Waals surface area contributed by atoms with Crippen LogP contribution in [0.2, 0.25) is 0 Å². The summed E-state index contributed by atoms with van der Waals surface area (Å²) in [7, 11) is 0. The summed E-state index contributed by atoms with van der Waals surface area (Å²) in [4.78, 5) is 0. The largest absolute Gasteiger partial charge is 0.330 e. The second kappa shape index (κ2) is 3.19. The zero-order valence-electron chi connectivity index (χ0n) is 7.45. The number of allylic oxidation sites excluding steroid dienone is 2. The molecule has 0 heterocycles. The molecule has 0 amide bonds. The van der Waals surface area contributed by atoms with Gasteiger partial charge in [-0.1, -0.05) is 12.2 Å². The number of hydrogen-bond acceptors (Lipinski definition) is 2. The smallest absolute Gasteiger partial charge is 0.00399 e. The van der Waals surface area contributed by atoms with E-state index in [1.54, 1.807) is 0 Å². The molecule has 0 aliphatic heterocycles. The molecular weight excluding hydrogens is 148 g/mol. The lowest BCUT2D eigenvalue weighted by atomic mass is 9.62. The van der Waals surface area contributed by atoms with Gasteiger partial charge in [-0.3, -0.25) is 0 Å². The second-order valence-electron chi connectivity index (χ2n) is 4.09. The monoisotopic (exact) mass is 166 g/mol. The van der Waals surface area contributed by atoms with E-state index in [2.05, 4.69) is 12.2 Å². The lowest BCUT2D eigenvalue weighted by Gasteiger charge is -2.44. The van der Waals surface area contributed by atoms with E-state index in [1.807, 2.05) is 0 Å². The van der Waals surface area contributed by atoms with Crippen molar-refractivity contribution >= 4 is 0 Å². The van der Waals surface area contributed by atoms with E-state index < -0.39 is 0 Å². The Balaban J connectivity index is 2.18. The van der Waals surface area contributed by atoms with Crippen molar-refractivity contribution in [3.63, 3.8) is 0 Å². The fourth-order valence-electron chi connectivity index (χ4n) is 2.91. The average molecular weight is 166 g/mol. The first-order chi connectivity index (χ1) is 5.86. The van der Waals surface area contributed by atoms with Crippen molar-refractivity contribution in [3.8, 4) is 0 Å². The van der Waals surface area contributed by atoms with E-state index in [0.29, 0.717) is 11.8 Å². The van der Waals surface area contributed by atoms with Gasteiger partial charge in [0.2, 0.25) is 0 Å². The summed E-state index contributed by atoms with van der Waals surface area (Å²) in [6.45, 7) is 1.63. The zero-order chi connectivity index (χ0) is 8.55. The average Bonchev–Trinajstić information content (AvgIpc) is 2.18. The lowest BCUT2D eigenvalue weighted by Crippen LogP contribution is -2.44. The Labute approximate surface area is 74.0 Å². The molecule has 0 aromatic heterocycles. The molecule has 0 unspecified atom stereocenters. The molecular formula is C10H18N2. The fraction of sp³-hybridized carbons (Fsp3) is 0.800. The first-order valence-corrected chi connectivity index (χ1v) is 4.95. The number of hydrogen-bond donors (Lipinski definition) is 2. The summed E-state index contributed by atoms with van der Waals surface area (Å²) in [6.07, 6.45) is 7.38. The Bertz CT molecular complexity index is 168. The maximum Gasteiger partial charge on any atom is -0.00399 e. The molecule has 1 fully saturated rings. The molecule has 4 N–H and O–H groups in total. The van der Waals surface area contributed by atoms with Gasteiger partial charge in [-0.15, -0.1) is 0 Å². The number of nitrogens with two attached hydrogens (primary N) is 2. The van der Waals surface area contributed by atoms with Gasteiger partial charge in [0.15, 0.2) is 0 Å². The van der Waals surface area contributed by atoms with Crippen LogP contribution in [-0.4, -0.2) is 13.1 Å². The molecule has 3 aliphatic carbocycles. The van der Waals surface area contributed by atoms with E-state index >= 15 is 0 Å². The van der Waals surface area contributed by atoms with Crippen molar-refractivity contribution in [2.75, 3.05) is 13.1 Å². The van der Waals surface area contributed by atoms with Crippen molar-refractivity contribution in [1.82, 2.24) is 0 Å². The van der Waals surface area contributed by atoms with E-state index in [-0.39, 0.29) is 0 Å². The van der Waals surface area contributed by atoms with Gasteiger partial charge in [0.05, 0.1) is 0 Å². The van der Waals surface area contributed by atoms with Gasteiger partial charge in [0.25, 0.3) is 0 Å². The van der Waals surface area contributed by atoms with E-state index in [1.165, 1.54) is 12.8 Å². The number of fused-ring (bicyclic) bond motifs is 2. The topological polar surface area (TPSA) is 52.0 Å². The van der Waals surface area contributed by atoms with Crippen LogP contribution in [0.15, 0.2) is 12.2 Å². The molecule has 3 aliphatic rings. The molecule has 3 rings (SSSR count). The third-order valence-electron chi connectivity index (χ3n) is 3.63. The summed E-state index contributed by atoms with van der Waals surface area (Å²) < 4.78 is 0. The van der Waals surface area contributed by atoms with Crippen LogP contribution in [0.5, 0.6) is 0 Å². The highest BCUT2D eigenvalue weighted by molar-refractivity contribution is 5.09. The Morgan fingerprint density at radius 2 is 1.33 bits per heavy atom. The quantitative estimate of drug-likeness (QED) is 0.594. The summed E-state index contributed by atoms with van der Waals surface area (Å²) in [5.41, 5.74) is 11.5. The Hall–Kier alpha value is -0.340. The third-order valence-corrected chi connectivity index (χ3v) is 3.63. The minimum absolute atomic E-state index is 0.666. The minimum Gasteiger partial charge on any atom is -0.330 e. The SMILES string of the molecule is NC[C@@H]1[C@H](CN)[C@@H]2C=C[C@@H]1CC2. The Morgan fingerprint density at radius 1 is 0.917 bits per heavy atom. The van der Waals surface area contributed by atoms with Crippen LogP contribution >= 0.6 is 0 Å². The van der Waals surface area contributed by atoms with Gasteiger partial charge in [0, 0.05) is 0 Å². The standard InChI is InChI=1S/C10H18N2/c11-5-9-7-1-2-8(4-3-7)10(9)6-12/h1-2,7-10H,3-6,11-12H2/t7-,8-,9-,10+/m1/s1. The maximum absolute atomic E-state index is 5.77. The minimum atomic E-state index is 0.666. The van der Waals surface area contributed by atoms with E-state index in [4.69, 9.17) is 11.5 Å². The van der Waals surface area contributed by atoms with Crippen molar-refractivity contribution < 1.29 is 0 Å². The van der Waals surface area contributed by atoms with Gasteiger partial charge in [-0.2, -0.15) is 0 Å². The predicted molar refractivity (Wildman–Crippen MR) is 50.4 cm³/mol. The lowest BCUT2D eigenvalue weighted by molar-refractivity contribution is 0.134. The van der Waals surface area contributed by atoms with Crippen LogP contribution in [0.3, 0.4) is 0 Å². The van der Waals surface area contributed by atoms with Gasteiger partial charge < -0.3 is 11.5 Å². The van der Waals surface area contributed by atoms with Crippen LogP contribution in [0.1, 0.15) is 12.8 Å². The molecule has 0 saturated heterocycles. The van der Waals surface area contributed by atoms with E-state index in [0.717, 1.165) is 24.9 Å². The summed E-state index contributed by atoms with van der Waals surface area (Å²) >= 11 is 0. The van der Waals surface area contributed by atoms with Crippen LogP contribution in [0, 0.1) is 23.7 Å². The normalized spacial score (nSPS) is 45.2. The Morgan fingerprint density at radius 3 is 1.58 bits per heavy atom. The summed E-state index contributed by atoms with van der Waals surface area (Å²) in [5.74, 6) is 2.79. The van der Waals surface area contributed by atoms with Crippen molar-refractivity contribution in [1.29, 1.82) is 0 Å². The van der Waals surface area contributed by atoms with Crippen LogP contribution < -0.4 is 11.5 Å². The molecule has 0 aromatic carbocycles. The molecule has 2 bridgehead atoms. The maximum atomic E-state index is 5.77. The van der Waals surface area contributed by atoms with Crippen molar-refractivity contribution in [3.05, 3.63) is 12.2 Å². The van der Waals surface area contributed by atoms with Crippen LogP contribution in [0.25, 0.3) is 0 Å². The zero-order valence-corrected chi connectivity index (χ0v) is 7.45. The van der Waals surface area contributed by atoms with Gasteiger partial charge in [0.1, 0.15) is 0 Å². The van der Waals surface area contributed by atoms with Crippen molar-refractivity contribution in [2.45, 2.75) is 12.8 Å². The van der Waals surface area contributed by atoms with Crippen molar-refractivity contribution in [2.24, 2.45) is 35.1 Å². The highest BCUT2D eigenvalue weighted by Gasteiger charge is 2.38. The molecule has 0 aromatic rings. The van der Waals surface area contributed by atoms with Crippen LogP contribution in [-0.2, 0) is 0 Å².